The van der Waals surface area contributed by atoms with Crippen LogP contribution in [0, 0.1) is 5.41 Å². The highest BCUT2D eigenvalue weighted by molar-refractivity contribution is 9.10. The van der Waals surface area contributed by atoms with Gasteiger partial charge in [-0.25, -0.2) is 0 Å². The summed E-state index contributed by atoms with van der Waals surface area (Å²) in [5.41, 5.74) is 7.71. The lowest BCUT2D eigenvalue weighted by molar-refractivity contribution is 0.0572. The Labute approximate surface area is 118 Å². The van der Waals surface area contributed by atoms with Crippen molar-refractivity contribution in [3.8, 4) is 0 Å². The van der Waals surface area contributed by atoms with Gasteiger partial charge in [0, 0.05) is 18.5 Å². The first-order chi connectivity index (χ1) is 8.39. The van der Waals surface area contributed by atoms with E-state index in [-0.39, 0.29) is 5.41 Å². The van der Waals surface area contributed by atoms with E-state index in [1.807, 2.05) is 11.6 Å². The van der Waals surface area contributed by atoms with Crippen LogP contribution in [0.4, 0.5) is 0 Å². The van der Waals surface area contributed by atoms with E-state index in [1.165, 1.54) is 0 Å². The molecule has 0 aliphatic rings. The molecule has 1 heterocycles. The molecule has 0 aliphatic carbocycles. The van der Waals surface area contributed by atoms with Gasteiger partial charge < -0.3 is 10.8 Å². The first kappa shape index (κ1) is 15.7. The highest BCUT2D eigenvalue weighted by Gasteiger charge is 2.31. The zero-order valence-corrected chi connectivity index (χ0v) is 13.3. The van der Waals surface area contributed by atoms with Crippen molar-refractivity contribution in [2.45, 2.75) is 53.2 Å². The molecule has 0 saturated heterocycles. The van der Waals surface area contributed by atoms with E-state index in [4.69, 9.17) is 5.73 Å². The third kappa shape index (κ3) is 2.95. The molecule has 3 N–H and O–H groups in total. The number of aliphatic hydroxyl groups excluding tert-OH is 1. The lowest BCUT2D eigenvalue weighted by Gasteiger charge is -2.31. The van der Waals surface area contributed by atoms with Gasteiger partial charge in [0.05, 0.1) is 22.0 Å². The number of nitrogens with two attached hydrogens (primary N) is 1. The molecule has 0 aliphatic heterocycles. The topological polar surface area (TPSA) is 64.1 Å². The molecule has 0 amide bonds. The zero-order chi connectivity index (χ0) is 13.9. The fraction of sp³-hybridized carbons (Fsp3) is 0.769. The molecule has 0 radical (unpaired) electrons. The van der Waals surface area contributed by atoms with Crippen LogP contribution in [0.5, 0.6) is 0 Å². The molecule has 0 bridgehead atoms. The summed E-state index contributed by atoms with van der Waals surface area (Å²) in [4.78, 5) is 0. The van der Waals surface area contributed by atoms with Crippen molar-refractivity contribution in [2.24, 2.45) is 11.1 Å². The van der Waals surface area contributed by atoms with Crippen molar-refractivity contribution >= 4 is 15.9 Å². The maximum absolute atomic E-state index is 9.93. The van der Waals surface area contributed by atoms with Gasteiger partial charge in [-0.15, -0.1) is 0 Å². The summed E-state index contributed by atoms with van der Waals surface area (Å²) in [6, 6.07) is 0. The monoisotopic (exact) mass is 317 g/mol. The minimum absolute atomic E-state index is 0.319. The van der Waals surface area contributed by atoms with E-state index in [2.05, 4.69) is 34.9 Å². The zero-order valence-electron chi connectivity index (χ0n) is 11.7. The number of aromatic nitrogens is 2. The molecule has 1 rings (SSSR count). The van der Waals surface area contributed by atoms with Gasteiger partial charge in [-0.1, -0.05) is 13.8 Å². The third-order valence-corrected chi connectivity index (χ3v) is 4.66. The summed E-state index contributed by atoms with van der Waals surface area (Å²) in [6.45, 7) is 9.26. The quantitative estimate of drug-likeness (QED) is 0.844. The lowest BCUT2D eigenvalue weighted by atomic mass is 9.80. The third-order valence-electron chi connectivity index (χ3n) is 3.74. The summed E-state index contributed by atoms with van der Waals surface area (Å²) in [6.07, 6.45) is 1.18. The normalized spacial score (nSPS) is 16.6. The fourth-order valence-corrected chi connectivity index (χ4v) is 2.66. The van der Waals surface area contributed by atoms with Gasteiger partial charge in [-0.05, 0) is 42.6 Å². The first-order valence-corrected chi connectivity index (χ1v) is 7.31. The summed E-state index contributed by atoms with van der Waals surface area (Å²) < 4.78 is 3.06. The molecule has 1 aromatic rings. The standard InChI is InChI=1S/C13H24BrN3O/c1-5-10-12(14)11(17(6-2)16-10)7-13(4,8-15)9(3)18/h9,18H,5-8,15H2,1-4H3. The van der Waals surface area contributed by atoms with Crippen molar-refractivity contribution in [1.29, 1.82) is 0 Å². The van der Waals surface area contributed by atoms with Crippen molar-refractivity contribution in [3.63, 3.8) is 0 Å². The van der Waals surface area contributed by atoms with Crippen LogP contribution in [0.15, 0.2) is 4.47 Å². The Hall–Kier alpha value is -0.390. The molecule has 0 fully saturated rings. The number of rotatable bonds is 6. The Balaban J connectivity index is 3.13. The molecule has 5 heteroatoms. The fourth-order valence-electron chi connectivity index (χ4n) is 1.96. The highest BCUT2D eigenvalue weighted by atomic mass is 79.9. The summed E-state index contributed by atoms with van der Waals surface area (Å²) in [5.74, 6) is 0. The van der Waals surface area contributed by atoms with Crippen LogP contribution < -0.4 is 5.73 Å². The summed E-state index contributed by atoms with van der Waals surface area (Å²) >= 11 is 3.63. The largest absolute Gasteiger partial charge is 0.393 e. The van der Waals surface area contributed by atoms with E-state index in [9.17, 15) is 5.11 Å². The van der Waals surface area contributed by atoms with Crippen LogP contribution in [-0.4, -0.2) is 27.5 Å². The maximum Gasteiger partial charge on any atom is 0.0766 e. The van der Waals surface area contributed by atoms with Gasteiger partial charge in [-0.2, -0.15) is 5.10 Å². The van der Waals surface area contributed by atoms with Gasteiger partial charge in [-0.3, -0.25) is 4.68 Å². The van der Waals surface area contributed by atoms with E-state index < -0.39 is 6.10 Å². The number of nitrogens with zero attached hydrogens (tertiary/aromatic N) is 2. The summed E-state index contributed by atoms with van der Waals surface area (Å²) in [7, 11) is 0. The van der Waals surface area contributed by atoms with Crippen LogP contribution in [0.25, 0.3) is 0 Å². The average Bonchev–Trinajstić information content (AvgIpc) is 2.65. The molecule has 0 aromatic carbocycles. The van der Waals surface area contributed by atoms with Crippen molar-refractivity contribution in [1.82, 2.24) is 9.78 Å². The minimum atomic E-state index is -0.445. The molecule has 0 spiro atoms. The second-order valence-corrected chi connectivity index (χ2v) is 5.88. The first-order valence-electron chi connectivity index (χ1n) is 6.51. The second kappa shape index (κ2) is 6.17. The average molecular weight is 318 g/mol. The highest BCUT2D eigenvalue weighted by Crippen LogP contribution is 2.31. The molecule has 0 saturated carbocycles. The molecule has 104 valence electrons. The van der Waals surface area contributed by atoms with Gasteiger partial charge in [0.2, 0.25) is 0 Å². The van der Waals surface area contributed by atoms with Gasteiger partial charge >= 0.3 is 0 Å². The van der Waals surface area contributed by atoms with Gasteiger partial charge in [0.15, 0.2) is 0 Å². The van der Waals surface area contributed by atoms with Crippen LogP contribution >= 0.6 is 15.9 Å². The molecule has 4 nitrogen and oxygen atoms in total. The van der Waals surface area contributed by atoms with Crippen molar-refractivity contribution < 1.29 is 5.11 Å². The predicted molar refractivity (Wildman–Crippen MR) is 77.5 cm³/mol. The number of halogens is 1. The van der Waals surface area contributed by atoms with Crippen LogP contribution in [-0.2, 0) is 19.4 Å². The molecule has 2 unspecified atom stereocenters. The Morgan fingerprint density at radius 1 is 1.50 bits per heavy atom. The lowest BCUT2D eigenvalue weighted by Crippen LogP contribution is -2.40. The van der Waals surface area contributed by atoms with E-state index in [0.29, 0.717) is 6.54 Å². The SMILES string of the molecule is CCc1nn(CC)c(CC(C)(CN)C(C)O)c1Br. The Kier molecular flexibility index (Phi) is 5.37. The molecular weight excluding hydrogens is 294 g/mol. The minimum Gasteiger partial charge on any atom is -0.393 e. The van der Waals surface area contributed by atoms with Gasteiger partial charge in [0.25, 0.3) is 0 Å². The van der Waals surface area contributed by atoms with Crippen molar-refractivity contribution in [2.75, 3.05) is 6.54 Å². The molecule has 18 heavy (non-hydrogen) atoms. The van der Waals surface area contributed by atoms with E-state index >= 15 is 0 Å². The van der Waals surface area contributed by atoms with Gasteiger partial charge in [0.1, 0.15) is 0 Å². The van der Waals surface area contributed by atoms with Crippen molar-refractivity contribution in [3.05, 3.63) is 15.9 Å². The van der Waals surface area contributed by atoms with E-state index in [0.717, 1.165) is 35.2 Å². The summed E-state index contributed by atoms with van der Waals surface area (Å²) in [5, 5.41) is 14.5. The second-order valence-electron chi connectivity index (χ2n) is 5.09. The number of aryl methyl sites for hydroxylation is 2. The van der Waals surface area contributed by atoms with Crippen LogP contribution in [0.1, 0.15) is 39.1 Å². The molecule has 2 atom stereocenters. The Morgan fingerprint density at radius 3 is 2.50 bits per heavy atom. The van der Waals surface area contributed by atoms with Crippen LogP contribution in [0.3, 0.4) is 0 Å². The number of hydrogen-bond donors (Lipinski definition) is 2. The molecule has 1 aromatic heterocycles. The molecular formula is C13H24BrN3O. The van der Waals surface area contributed by atoms with E-state index in [1.54, 1.807) is 6.92 Å². The van der Waals surface area contributed by atoms with Crippen LogP contribution in [0.2, 0.25) is 0 Å². The maximum atomic E-state index is 9.93. The number of hydrogen-bond acceptors (Lipinski definition) is 3. The Bertz CT molecular complexity index is 403. The number of aliphatic hydroxyl groups is 1. The predicted octanol–water partition coefficient (Wildman–Crippen LogP) is 2.12. The smallest absolute Gasteiger partial charge is 0.0766 e. The Morgan fingerprint density at radius 2 is 2.11 bits per heavy atom.